The molecular weight excluding hydrogens is 268 g/mol. The van der Waals surface area contributed by atoms with Crippen LogP contribution in [0.5, 0.6) is 0 Å². The predicted molar refractivity (Wildman–Crippen MR) is 83.0 cm³/mol. The van der Waals surface area contributed by atoms with E-state index >= 15 is 0 Å². The number of benzene rings is 1. The smallest absolute Gasteiger partial charge is 0.181 e. The fourth-order valence-corrected chi connectivity index (χ4v) is 2.93. The lowest BCUT2D eigenvalue weighted by molar-refractivity contribution is 0.572. The van der Waals surface area contributed by atoms with Gasteiger partial charge in [-0.15, -0.1) is 11.3 Å². The van der Waals surface area contributed by atoms with Gasteiger partial charge in [0.15, 0.2) is 12.2 Å². The molecule has 20 heavy (non-hydrogen) atoms. The van der Waals surface area contributed by atoms with Crippen molar-refractivity contribution < 1.29 is 4.42 Å². The number of aryl methyl sites for hydroxylation is 1. The Labute approximate surface area is 122 Å². The van der Waals surface area contributed by atoms with E-state index in [1.807, 2.05) is 23.5 Å². The molecule has 0 spiro atoms. The third-order valence-electron chi connectivity index (χ3n) is 3.11. The van der Waals surface area contributed by atoms with E-state index in [0.717, 1.165) is 30.0 Å². The number of aromatic nitrogens is 1. The number of thiophene rings is 1. The van der Waals surface area contributed by atoms with Crippen molar-refractivity contribution in [2.45, 2.75) is 19.9 Å². The number of rotatable bonds is 5. The van der Waals surface area contributed by atoms with Gasteiger partial charge < -0.3 is 9.73 Å². The fraction of sp³-hybridized carbons (Fsp3) is 0.188. The molecule has 3 nitrogen and oxygen atoms in total. The summed E-state index contributed by atoms with van der Waals surface area (Å²) in [6, 6.07) is 12.6. The number of hydrogen-bond donors (Lipinski definition) is 1. The minimum Gasteiger partial charge on any atom is -0.444 e. The van der Waals surface area contributed by atoms with E-state index in [4.69, 9.17) is 4.42 Å². The van der Waals surface area contributed by atoms with Crippen LogP contribution in [0, 0.1) is 0 Å². The van der Waals surface area contributed by atoms with E-state index in [-0.39, 0.29) is 0 Å². The first-order chi connectivity index (χ1) is 9.85. The van der Waals surface area contributed by atoms with Crippen molar-refractivity contribution in [1.29, 1.82) is 0 Å². The lowest BCUT2D eigenvalue weighted by atomic mass is 10.1. The lowest BCUT2D eigenvalue weighted by Crippen LogP contribution is -1.97. The Hall–Kier alpha value is -2.07. The Balaban J connectivity index is 1.70. The average molecular weight is 284 g/mol. The van der Waals surface area contributed by atoms with E-state index in [2.05, 4.69) is 41.5 Å². The van der Waals surface area contributed by atoms with Gasteiger partial charge >= 0.3 is 0 Å². The second-order valence-corrected chi connectivity index (χ2v) is 5.77. The van der Waals surface area contributed by atoms with Crippen molar-refractivity contribution in [3.63, 3.8) is 0 Å². The van der Waals surface area contributed by atoms with Crippen LogP contribution in [-0.4, -0.2) is 4.98 Å². The standard InChI is InChI=1S/C16H16N2OS/c1-2-14-6-7-15(20-14)9-18-13-5-3-4-12(8-13)16-10-17-11-19-16/h3-8,10-11,18H,2,9H2,1H3. The molecule has 0 bridgehead atoms. The first-order valence-corrected chi connectivity index (χ1v) is 7.47. The van der Waals surface area contributed by atoms with Gasteiger partial charge in [0, 0.05) is 27.5 Å². The molecule has 2 heterocycles. The largest absolute Gasteiger partial charge is 0.444 e. The summed E-state index contributed by atoms with van der Waals surface area (Å²) in [6.07, 6.45) is 4.28. The Morgan fingerprint density at radius 2 is 2.10 bits per heavy atom. The molecule has 102 valence electrons. The summed E-state index contributed by atoms with van der Waals surface area (Å²) in [6.45, 7) is 3.04. The Kier molecular flexibility index (Phi) is 3.83. The number of oxazole rings is 1. The van der Waals surface area contributed by atoms with Crippen LogP contribution < -0.4 is 5.32 Å². The maximum Gasteiger partial charge on any atom is 0.181 e. The zero-order valence-corrected chi connectivity index (χ0v) is 12.1. The van der Waals surface area contributed by atoms with Gasteiger partial charge in [-0.05, 0) is 30.7 Å². The highest BCUT2D eigenvalue weighted by atomic mass is 32.1. The number of hydrogen-bond acceptors (Lipinski definition) is 4. The molecule has 0 aliphatic heterocycles. The zero-order chi connectivity index (χ0) is 13.8. The maximum atomic E-state index is 5.32. The van der Waals surface area contributed by atoms with Gasteiger partial charge in [0.2, 0.25) is 0 Å². The molecule has 0 saturated heterocycles. The van der Waals surface area contributed by atoms with E-state index < -0.39 is 0 Å². The Morgan fingerprint density at radius 3 is 2.85 bits per heavy atom. The van der Waals surface area contributed by atoms with Crippen molar-refractivity contribution in [2.75, 3.05) is 5.32 Å². The molecule has 0 unspecified atom stereocenters. The Bertz CT molecular complexity index is 673. The quantitative estimate of drug-likeness (QED) is 0.745. The van der Waals surface area contributed by atoms with Gasteiger partial charge in [-0.3, -0.25) is 0 Å². The van der Waals surface area contributed by atoms with Gasteiger partial charge in [0.25, 0.3) is 0 Å². The first-order valence-electron chi connectivity index (χ1n) is 6.65. The summed E-state index contributed by atoms with van der Waals surface area (Å²) >= 11 is 1.86. The highest BCUT2D eigenvalue weighted by Gasteiger charge is 2.03. The summed E-state index contributed by atoms with van der Waals surface area (Å²) in [5.41, 5.74) is 2.12. The molecule has 0 amide bonds. The molecule has 1 N–H and O–H groups in total. The van der Waals surface area contributed by atoms with Crippen molar-refractivity contribution in [3.05, 3.63) is 58.7 Å². The second-order valence-electron chi connectivity index (χ2n) is 4.52. The zero-order valence-electron chi connectivity index (χ0n) is 11.3. The minimum absolute atomic E-state index is 0.790. The molecule has 0 saturated carbocycles. The molecule has 3 rings (SSSR count). The van der Waals surface area contributed by atoms with E-state index in [9.17, 15) is 0 Å². The topological polar surface area (TPSA) is 38.1 Å². The van der Waals surface area contributed by atoms with E-state index in [1.54, 1.807) is 6.20 Å². The lowest BCUT2D eigenvalue weighted by Gasteiger charge is -2.06. The van der Waals surface area contributed by atoms with Crippen LogP contribution in [0.4, 0.5) is 5.69 Å². The monoisotopic (exact) mass is 284 g/mol. The van der Waals surface area contributed by atoms with E-state index in [1.165, 1.54) is 16.1 Å². The summed E-state index contributed by atoms with van der Waals surface area (Å²) < 4.78 is 5.32. The molecule has 4 heteroatoms. The molecular formula is C16H16N2OS. The van der Waals surface area contributed by atoms with Crippen molar-refractivity contribution in [3.8, 4) is 11.3 Å². The summed E-state index contributed by atoms with van der Waals surface area (Å²) in [4.78, 5) is 6.73. The molecule has 0 atom stereocenters. The third kappa shape index (κ3) is 2.91. The number of anilines is 1. The predicted octanol–water partition coefficient (Wildman–Crippen LogP) is 4.58. The van der Waals surface area contributed by atoms with E-state index in [0.29, 0.717) is 0 Å². The summed E-state index contributed by atoms with van der Waals surface area (Å²) in [5, 5.41) is 3.45. The van der Waals surface area contributed by atoms with Crippen LogP contribution in [0.3, 0.4) is 0 Å². The summed E-state index contributed by atoms with van der Waals surface area (Å²) in [7, 11) is 0. The Morgan fingerprint density at radius 1 is 1.20 bits per heavy atom. The SMILES string of the molecule is CCc1ccc(CNc2cccc(-c3cnco3)c2)s1. The first kappa shape index (κ1) is 12.9. The van der Waals surface area contributed by atoms with Crippen LogP contribution in [0.15, 0.2) is 53.4 Å². The second kappa shape index (κ2) is 5.92. The molecule has 1 aromatic carbocycles. The number of nitrogens with zero attached hydrogens (tertiary/aromatic N) is 1. The summed E-state index contributed by atoms with van der Waals surface area (Å²) in [5.74, 6) is 0.790. The normalized spacial score (nSPS) is 10.7. The molecule has 2 aromatic heterocycles. The van der Waals surface area contributed by atoms with Crippen molar-refractivity contribution >= 4 is 17.0 Å². The molecule has 0 fully saturated rings. The highest BCUT2D eigenvalue weighted by molar-refractivity contribution is 7.12. The third-order valence-corrected chi connectivity index (χ3v) is 4.34. The maximum absolute atomic E-state index is 5.32. The average Bonchev–Trinajstić information content (AvgIpc) is 3.17. The molecule has 0 aliphatic rings. The highest BCUT2D eigenvalue weighted by Crippen LogP contribution is 2.23. The minimum atomic E-state index is 0.790. The van der Waals surface area contributed by atoms with Gasteiger partial charge in [-0.25, -0.2) is 4.98 Å². The fourth-order valence-electron chi connectivity index (χ4n) is 2.04. The van der Waals surface area contributed by atoms with Crippen LogP contribution >= 0.6 is 11.3 Å². The number of nitrogens with one attached hydrogen (secondary N) is 1. The van der Waals surface area contributed by atoms with Crippen LogP contribution in [0.25, 0.3) is 11.3 Å². The van der Waals surface area contributed by atoms with Gasteiger partial charge in [-0.2, -0.15) is 0 Å². The van der Waals surface area contributed by atoms with Gasteiger partial charge in [0.05, 0.1) is 6.20 Å². The van der Waals surface area contributed by atoms with Gasteiger partial charge in [0.1, 0.15) is 0 Å². The van der Waals surface area contributed by atoms with Crippen LogP contribution in [-0.2, 0) is 13.0 Å². The van der Waals surface area contributed by atoms with Crippen LogP contribution in [0.2, 0.25) is 0 Å². The van der Waals surface area contributed by atoms with Crippen LogP contribution in [0.1, 0.15) is 16.7 Å². The molecule has 0 radical (unpaired) electrons. The molecule has 0 aliphatic carbocycles. The van der Waals surface area contributed by atoms with Gasteiger partial charge in [-0.1, -0.05) is 19.1 Å². The molecule has 3 aromatic rings. The van der Waals surface area contributed by atoms with Crippen molar-refractivity contribution in [1.82, 2.24) is 4.98 Å². The van der Waals surface area contributed by atoms with Crippen molar-refractivity contribution in [2.24, 2.45) is 0 Å².